The van der Waals surface area contributed by atoms with Crippen LogP contribution in [0.2, 0.25) is 0 Å². The Hall–Kier alpha value is -1.20. The van der Waals surface area contributed by atoms with E-state index in [2.05, 4.69) is 25.0 Å². The first-order chi connectivity index (χ1) is 7.70. The smallest absolute Gasteiger partial charge is 0.349 e. The van der Waals surface area contributed by atoms with Gasteiger partial charge in [-0.3, -0.25) is 0 Å². The molecule has 5 heteroatoms. The number of halogens is 1. The molecule has 82 valence electrons. The third kappa shape index (κ3) is 2.31. The Labute approximate surface area is 105 Å². The number of ether oxygens (including phenoxy) is 1. The van der Waals surface area contributed by atoms with Crippen molar-refractivity contribution in [3.8, 4) is 11.3 Å². The summed E-state index contributed by atoms with van der Waals surface area (Å²) in [6.45, 7) is 0. The van der Waals surface area contributed by atoms with Crippen LogP contribution in [0.25, 0.3) is 11.3 Å². The number of esters is 1. The zero-order valence-electron chi connectivity index (χ0n) is 8.44. The molecule has 2 rings (SSSR count). The predicted molar refractivity (Wildman–Crippen MR) is 66.6 cm³/mol. The van der Waals surface area contributed by atoms with Crippen molar-refractivity contribution >= 4 is 33.4 Å². The lowest BCUT2D eigenvalue weighted by Gasteiger charge is -1.95. The molecule has 0 atom stereocenters. The summed E-state index contributed by atoms with van der Waals surface area (Å²) in [7, 11) is 1.36. The largest absolute Gasteiger partial charge is 0.465 e. The van der Waals surface area contributed by atoms with Gasteiger partial charge in [0.1, 0.15) is 4.88 Å². The van der Waals surface area contributed by atoms with E-state index in [1.165, 1.54) is 7.11 Å². The van der Waals surface area contributed by atoms with Crippen LogP contribution in [-0.4, -0.2) is 17.5 Å². The van der Waals surface area contributed by atoms with Crippen molar-refractivity contribution in [2.24, 2.45) is 0 Å². The summed E-state index contributed by atoms with van der Waals surface area (Å²) in [6.07, 6.45) is 0. The second-order valence-electron chi connectivity index (χ2n) is 3.07. The highest BCUT2D eigenvalue weighted by molar-refractivity contribution is 9.10. The monoisotopic (exact) mass is 297 g/mol. The molecule has 0 radical (unpaired) electrons. The SMILES string of the molecule is COC(=O)c1cc(-c2ccc(Br)cc2)ns1. The fraction of sp³-hybridized carbons (Fsp3) is 0.0909. The minimum atomic E-state index is -0.346. The van der Waals surface area contributed by atoms with E-state index in [0.29, 0.717) is 4.88 Å². The average molecular weight is 298 g/mol. The first-order valence-corrected chi connectivity index (χ1v) is 6.08. The molecule has 1 aromatic heterocycles. The van der Waals surface area contributed by atoms with Crippen molar-refractivity contribution < 1.29 is 9.53 Å². The summed E-state index contributed by atoms with van der Waals surface area (Å²) in [5.74, 6) is -0.346. The van der Waals surface area contributed by atoms with Crippen molar-refractivity contribution in [2.75, 3.05) is 7.11 Å². The zero-order valence-corrected chi connectivity index (χ0v) is 10.8. The van der Waals surface area contributed by atoms with E-state index < -0.39 is 0 Å². The Kier molecular flexibility index (Phi) is 3.36. The molecule has 0 fully saturated rings. The van der Waals surface area contributed by atoms with Gasteiger partial charge in [0, 0.05) is 10.0 Å². The molecule has 0 aliphatic rings. The number of hydrogen-bond acceptors (Lipinski definition) is 4. The van der Waals surface area contributed by atoms with Gasteiger partial charge in [0.2, 0.25) is 0 Å². The standard InChI is InChI=1S/C11H8BrNO2S/c1-15-11(14)10-6-9(13-16-10)7-2-4-8(12)5-3-7/h2-6H,1H3. The van der Waals surface area contributed by atoms with Gasteiger partial charge in [0.05, 0.1) is 12.8 Å². The maximum atomic E-state index is 11.3. The molecular formula is C11H8BrNO2S. The summed E-state index contributed by atoms with van der Waals surface area (Å²) in [6, 6.07) is 9.50. The van der Waals surface area contributed by atoms with Gasteiger partial charge in [0.25, 0.3) is 0 Å². The van der Waals surface area contributed by atoms with Crippen LogP contribution in [0.1, 0.15) is 9.67 Å². The number of nitrogens with zero attached hydrogens (tertiary/aromatic N) is 1. The van der Waals surface area contributed by atoms with Crippen LogP contribution in [0.4, 0.5) is 0 Å². The molecule has 1 heterocycles. The molecule has 3 nitrogen and oxygen atoms in total. The second kappa shape index (κ2) is 4.76. The van der Waals surface area contributed by atoms with Crippen molar-refractivity contribution in [3.63, 3.8) is 0 Å². The number of benzene rings is 1. The molecule has 1 aromatic carbocycles. The van der Waals surface area contributed by atoms with Crippen LogP contribution < -0.4 is 0 Å². The fourth-order valence-corrected chi connectivity index (χ4v) is 2.17. The van der Waals surface area contributed by atoms with Crippen molar-refractivity contribution in [1.82, 2.24) is 4.37 Å². The van der Waals surface area contributed by atoms with Gasteiger partial charge in [-0.05, 0) is 29.7 Å². The summed E-state index contributed by atoms with van der Waals surface area (Å²) < 4.78 is 9.85. The topological polar surface area (TPSA) is 39.2 Å². The number of aromatic nitrogens is 1. The zero-order chi connectivity index (χ0) is 11.5. The van der Waals surface area contributed by atoms with Gasteiger partial charge in [-0.25, -0.2) is 4.79 Å². The molecule has 0 spiro atoms. The molecule has 0 unspecified atom stereocenters. The molecule has 0 N–H and O–H groups in total. The highest BCUT2D eigenvalue weighted by atomic mass is 79.9. The Morgan fingerprint density at radius 3 is 2.69 bits per heavy atom. The maximum absolute atomic E-state index is 11.3. The van der Waals surface area contributed by atoms with Crippen molar-refractivity contribution in [3.05, 3.63) is 39.7 Å². The lowest BCUT2D eigenvalue weighted by Crippen LogP contribution is -1.96. The maximum Gasteiger partial charge on any atom is 0.349 e. The molecule has 0 saturated carbocycles. The lowest BCUT2D eigenvalue weighted by molar-refractivity contribution is 0.0606. The van der Waals surface area contributed by atoms with E-state index in [1.807, 2.05) is 24.3 Å². The molecule has 0 aliphatic carbocycles. The van der Waals surface area contributed by atoms with Crippen LogP contribution in [0.3, 0.4) is 0 Å². The molecule has 2 aromatic rings. The quantitative estimate of drug-likeness (QED) is 0.798. The van der Waals surface area contributed by atoms with E-state index in [1.54, 1.807) is 6.07 Å². The van der Waals surface area contributed by atoms with Crippen LogP contribution >= 0.6 is 27.5 Å². The Bertz CT molecular complexity index is 507. The van der Waals surface area contributed by atoms with Gasteiger partial charge in [0.15, 0.2) is 0 Å². The lowest BCUT2D eigenvalue weighted by atomic mass is 10.1. The first kappa shape index (κ1) is 11.3. The Morgan fingerprint density at radius 2 is 2.06 bits per heavy atom. The van der Waals surface area contributed by atoms with Crippen molar-refractivity contribution in [2.45, 2.75) is 0 Å². The highest BCUT2D eigenvalue weighted by Crippen LogP contribution is 2.23. The number of methoxy groups -OCH3 is 1. The van der Waals surface area contributed by atoms with Crippen LogP contribution in [0.15, 0.2) is 34.8 Å². The summed E-state index contributed by atoms with van der Waals surface area (Å²) in [5.41, 5.74) is 1.77. The van der Waals surface area contributed by atoms with E-state index in [4.69, 9.17) is 0 Å². The van der Waals surface area contributed by atoms with Crippen LogP contribution in [0, 0.1) is 0 Å². The van der Waals surface area contributed by atoms with E-state index in [-0.39, 0.29) is 5.97 Å². The molecule has 0 bridgehead atoms. The molecule has 0 aliphatic heterocycles. The summed E-state index contributed by atoms with van der Waals surface area (Å²) in [5, 5.41) is 0. The highest BCUT2D eigenvalue weighted by Gasteiger charge is 2.11. The minimum Gasteiger partial charge on any atom is -0.465 e. The average Bonchev–Trinajstić information content (AvgIpc) is 2.78. The Balaban J connectivity index is 2.31. The number of carbonyl (C=O) groups is 1. The minimum absolute atomic E-state index is 0.346. The van der Waals surface area contributed by atoms with E-state index >= 15 is 0 Å². The third-order valence-electron chi connectivity index (χ3n) is 2.04. The Morgan fingerprint density at radius 1 is 1.38 bits per heavy atom. The third-order valence-corrected chi connectivity index (χ3v) is 3.33. The normalized spacial score (nSPS) is 10.1. The predicted octanol–water partition coefficient (Wildman–Crippen LogP) is 3.36. The molecular weight excluding hydrogens is 290 g/mol. The van der Waals surface area contributed by atoms with Gasteiger partial charge >= 0.3 is 5.97 Å². The number of rotatable bonds is 2. The number of hydrogen-bond donors (Lipinski definition) is 0. The van der Waals surface area contributed by atoms with E-state index in [9.17, 15) is 4.79 Å². The molecule has 0 amide bonds. The van der Waals surface area contributed by atoms with E-state index in [0.717, 1.165) is 27.3 Å². The summed E-state index contributed by atoms with van der Waals surface area (Å²) >= 11 is 4.51. The first-order valence-electron chi connectivity index (χ1n) is 4.51. The summed E-state index contributed by atoms with van der Waals surface area (Å²) in [4.78, 5) is 11.8. The van der Waals surface area contributed by atoms with Gasteiger partial charge < -0.3 is 4.74 Å². The van der Waals surface area contributed by atoms with Crippen LogP contribution in [0.5, 0.6) is 0 Å². The van der Waals surface area contributed by atoms with Gasteiger partial charge in [-0.1, -0.05) is 28.1 Å². The van der Waals surface area contributed by atoms with Crippen molar-refractivity contribution in [1.29, 1.82) is 0 Å². The fourth-order valence-electron chi connectivity index (χ4n) is 1.23. The van der Waals surface area contributed by atoms with Gasteiger partial charge in [-0.15, -0.1) is 0 Å². The van der Waals surface area contributed by atoms with Crippen LogP contribution in [-0.2, 0) is 4.74 Å². The second-order valence-corrected chi connectivity index (χ2v) is 4.80. The molecule has 0 saturated heterocycles. The number of carbonyl (C=O) groups excluding carboxylic acids is 1. The molecule has 16 heavy (non-hydrogen) atoms. The van der Waals surface area contributed by atoms with Gasteiger partial charge in [-0.2, -0.15) is 4.37 Å².